The average Bonchev–Trinajstić information content (AvgIpc) is 2.73. The van der Waals surface area contributed by atoms with Crippen LogP contribution >= 0.6 is 15.9 Å². The number of anilines is 1. The van der Waals surface area contributed by atoms with Gasteiger partial charge in [0.05, 0.1) is 0 Å². The topological polar surface area (TPSA) is 68.2 Å². The first-order valence-corrected chi connectivity index (χ1v) is 6.37. The van der Waals surface area contributed by atoms with Crippen LogP contribution < -0.4 is 5.73 Å². The molecule has 0 aliphatic rings. The minimum absolute atomic E-state index is 0.497. The molecule has 0 aliphatic heterocycles. The lowest BCUT2D eigenvalue weighted by molar-refractivity contribution is 0.392. The number of halogens is 1. The molecule has 96 valence electrons. The van der Waals surface area contributed by atoms with Crippen molar-refractivity contribution in [3.05, 3.63) is 28.5 Å². The summed E-state index contributed by atoms with van der Waals surface area (Å²) in [6.45, 7) is 0.888. The second-order valence-electron chi connectivity index (χ2n) is 4.34. The van der Waals surface area contributed by atoms with Crippen molar-refractivity contribution in [1.82, 2.24) is 15.0 Å². The molecule has 18 heavy (non-hydrogen) atoms. The fourth-order valence-electron chi connectivity index (χ4n) is 1.53. The summed E-state index contributed by atoms with van der Waals surface area (Å²) in [5, 5.41) is 3.95. The van der Waals surface area contributed by atoms with E-state index in [1.54, 1.807) is 0 Å². The molecule has 0 fully saturated rings. The summed E-state index contributed by atoms with van der Waals surface area (Å²) in [6.07, 6.45) is 0.764. The lowest BCUT2D eigenvalue weighted by Crippen LogP contribution is -2.15. The molecular weight excluding hydrogens is 296 g/mol. The molecule has 0 saturated heterocycles. The average molecular weight is 311 g/mol. The fraction of sp³-hybridized carbons (Fsp3) is 0.333. The maximum absolute atomic E-state index is 5.78. The first-order chi connectivity index (χ1) is 8.54. The molecule has 6 heteroatoms. The van der Waals surface area contributed by atoms with Crippen LogP contribution in [0.5, 0.6) is 0 Å². The summed E-state index contributed by atoms with van der Waals surface area (Å²) in [4.78, 5) is 6.43. The van der Waals surface area contributed by atoms with Gasteiger partial charge in [0.25, 0.3) is 5.89 Å². The van der Waals surface area contributed by atoms with Crippen molar-refractivity contribution in [2.45, 2.75) is 6.42 Å². The van der Waals surface area contributed by atoms with Crippen molar-refractivity contribution in [2.75, 3.05) is 26.4 Å². The Morgan fingerprint density at radius 1 is 1.33 bits per heavy atom. The molecular formula is C12H15BrN4O. The van der Waals surface area contributed by atoms with Crippen LogP contribution in [0.25, 0.3) is 11.5 Å². The normalized spacial score (nSPS) is 11.1. The third-order valence-corrected chi connectivity index (χ3v) is 2.88. The van der Waals surface area contributed by atoms with Crippen molar-refractivity contribution >= 4 is 21.6 Å². The molecule has 0 spiro atoms. The van der Waals surface area contributed by atoms with Crippen LogP contribution in [0.1, 0.15) is 5.82 Å². The Morgan fingerprint density at radius 2 is 2.11 bits per heavy atom. The highest BCUT2D eigenvalue weighted by atomic mass is 79.9. The van der Waals surface area contributed by atoms with Crippen LogP contribution in [0.2, 0.25) is 0 Å². The number of rotatable bonds is 4. The van der Waals surface area contributed by atoms with E-state index < -0.39 is 0 Å². The SMILES string of the molecule is CN(C)CCc1noc(-c2cc(N)cc(Br)c2)n1. The van der Waals surface area contributed by atoms with Gasteiger partial charge in [-0.15, -0.1) is 0 Å². The second kappa shape index (κ2) is 5.49. The van der Waals surface area contributed by atoms with Crippen LogP contribution in [-0.4, -0.2) is 35.7 Å². The smallest absolute Gasteiger partial charge is 0.258 e. The van der Waals surface area contributed by atoms with Gasteiger partial charge in [-0.25, -0.2) is 0 Å². The van der Waals surface area contributed by atoms with Gasteiger partial charge in [0, 0.05) is 28.7 Å². The molecule has 0 amide bonds. The van der Waals surface area contributed by atoms with E-state index >= 15 is 0 Å². The maximum Gasteiger partial charge on any atom is 0.258 e. The number of nitrogens with zero attached hydrogens (tertiary/aromatic N) is 3. The van der Waals surface area contributed by atoms with Crippen molar-refractivity contribution in [2.24, 2.45) is 0 Å². The number of likely N-dealkylation sites (N-methyl/N-ethyl adjacent to an activating group) is 1. The van der Waals surface area contributed by atoms with E-state index in [1.807, 2.05) is 32.3 Å². The van der Waals surface area contributed by atoms with Gasteiger partial charge in [-0.3, -0.25) is 0 Å². The standard InChI is InChI=1S/C12H15BrN4O/c1-17(2)4-3-11-15-12(18-16-11)8-5-9(13)7-10(14)6-8/h5-7H,3-4,14H2,1-2H3. The summed E-state index contributed by atoms with van der Waals surface area (Å²) in [5.74, 6) is 1.20. The maximum atomic E-state index is 5.78. The van der Waals surface area contributed by atoms with E-state index in [4.69, 9.17) is 10.3 Å². The minimum atomic E-state index is 0.497. The molecule has 2 aromatic rings. The second-order valence-corrected chi connectivity index (χ2v) is 5.26. The van der Waals surface area contributed by atoms with E-state index in [0.29, 0.717) is 17.4 Å². The highest BCUT2D eigenvalue weighted by molar-refractivity contribution is 9.10. The molecule has 2 rings (SSSR count). The zero-order valence-electron chi connectivity index (χ0n) is 10.4. The van der Waals surface area contributed by atoms with Crippen LogP contribution in [0, 0.1) is 0 Å². The van der Waals surface area contributed by atoms with E-state index in [2.05, 4.69) is 31.0 Å². The lowest BCUT2D eigenvalue weighted by atomic mass is 10.2. The van der Waals surface area contributed by atoms with Crippen LogP contribution in [0.3, 0.4) is 0 Å². The molecule has 0 unspecified atom stereocenters. The number of hydrogen-bond acceptors (Lipinski definition) is 5. The van der Waals surface area contributed by atoms with E-state index in [-0.39, 0.29) is 0 Å². The molecule has 1 aromatic carbocycles. The Balaban J connectivity index is 2.18. The summed E-state index contributed by atoms with van der Waals surface area (Å²) < 4.78 is 6.13. The van der Waals surface area contributed by atoms with Gasteiger partial charge in [-0.05, 0) is 32.3 Å². The van der Waals surface area contributed by atoms with E-state index in [0.717, 1.165) is 23.0 Å². The fourth-order valence-corrected chi connectivity index (χ4v) is 2.04. The van der Waals surface area contributed by atoms with Crippen molar-refractivity contribution in [3.8, 4) is 11.5 Å². The van der Waals surface area contributed by atoms with E-state index in [9.17, 15) is 0 Å². The first-order valence-electron chi connectivity index (χ1n) is 5.58. The van der Waals surface area contributed by atoms with Gasteiger partial charge in [0.15, 0.2) is 5.82 Å². The highest BCUT2D eigenvalue weighted by Gasteiger charge is 2.10. The van der Waals surface area contributed by atoms with Crippen molar-refractivity contribution in [1.29, 1.82) is 0 Å². The third-order valence-electron chi connectivity index (χ3n) is 2.42. The van der Waals surface area contributed by atoms with Crippen LogP contribution in [0.4, 0.5) is 5.69 Å². The molecule has 0 saturated carbocycles. The molecule has 0 bridgehead atoms. The Kier molecular flexibility index (Phi) is 3.98. The largest absolute Gasteiger partial charge is 0.399 e. The molecule has 0 aliphatic carbocycles. The van der Waals surface area contributed by atoms with Gasteiger partial charge in [0.2, 0.25) is 0 Å². The molecule has 0 radical (unpaired) electrons. The highest BCUT2D eigenvalue weighted by Crippen LogP contribution is 2.25. The Hall–Kier alpha value is -1.40. The van der Waals surface area contributed by atoms with Gasteiger partial charge in [0.1, 0.15) is 0 Å². The zero-order valence-corrected chi connectivity index (χ0v) is 11.9. The summed E-state index contributed by atoms with van der Waals surface area (Å²) in [6, 6.07) is 5.54. The van der Waals surface area contributed by atoms with E-state index in [1.165, 1.54) is 0 Å². The summed E-state index contributed by atoms with van der Waals surface area (Å²) in [5.41, 5.74) is 7.26. The quantitative estimate of drug-likeness (QED) is 0.877. The van der Waals surface area contributed by atoms with Crippen molar-refractivity contribution < 1.29 is 4.52 Å². The van der Waals surface area contributed by atoms with Crippen molar-refractivity contribution in [3.63, 3.8) is 0 Å². The van der Waals surface area contributed by atoms with Gasteiger partial charge >= 0.3 is 0 Å². The Morgan fingerprint density at radius 3 is 2.78 bits per heavy atom. The first kappa shape index (κ1) is 13.0. The molecule has 5 nitrogen and oxygen atoms in total. The number of nitrogen functional groups attached to an aromatic ring is 1. The summed E-state index contributed by atoms with van der Waals surface area (Å²) >= 11 is 3.39. The summed E-state index contributed by atoms with van der Waals surface area (Å²) in [7, 11) is 4.02. The minimum Gasteiger partial charge on any atom is -0.399 e. The Bertz CT molecular complexity index is 518. The predicted molar refractivity (Wildman–Crippen MR) is 74.1 cm³/mol. The number of benzene rings is 1. The Labute approximate surface area is 114 Å². The van der Waals surface area contributed by atoms with Crippen LogP contribution in [-0.2, 0) is 6.42 Å². The number of aromatic nitrogens is 2. The third kappa shape index (κ3) is 3.30. The number of nitrogens with two attached hydrogens (primary N) is 1. The zero-order chi connectivity index (χ0) is 13.1. The molecule has 1 heterocycles. The predicted octanol–water partition coefficient (Wildman–Crippen LogP) is 2.19. The van der Waals surface area contributed by atoms with Crippen LogP contribution in [0.15, 0.2) is 27.2 Å². The van der Waals surface area contributed by atoms with Gasteiger partial charge < -0.3 is 15.2 Å². The number of hydrogen-bond donors (Lipinski definition) is 1. The van der Waals surface area contributed by atoms with Gasteiger partial charge in [-0.2, -0.15) is 4.98 Å². The molecule has 1 aromatic heterocycles. The monoisotopic (exact) mass is 310 g/mol. The molecule has 0 atom stereocenters. The lowest BCUT2D eigenvalue weighted by Gasteiger charge is -2.05. The van der Waals surface area contributed by atoms with Gasteiger partial charge in [-0.1, -0.05) is 21.1 Å². The molecule has 2 N–H and O–H groups in total.